The van der Waals surface area contributed by atoms with Gasteiger partial charge >= 0.3 is 5.97 Å². The fraction of sp³-hybridized carbons (Fsp3) is 0.561. The van der Waals surface area contributed by atoms with E-state index in [0.29, 0.717) is 42.2 Å². The molecule has 50 heavy (non-hydrogen) atoms. The van der Waals surface area contributed by atoms with E-state index in [2.05, 4.69) is 48.1 Å². The number of carbonyl (C=O) groups is 1. The highest BCUT2D eigenvalue weighted by Gasteiger charge is 2.55. The minimum atomic E-state index is -1.07. The van der Waals surface area contributed by atoms with E-state index >= 15 is 0 Å². The molecule has 2 unspecified atom stereocenters. The Kier molecular flexibility index (Phi) is 8.91. The Bertz CT molecular complexity index is 1760. The summed E-state index contributed by atoms with van der Waals surface area (Å²) in [6.45, 7) is 10.2. The number of aromatic nitrogens is 1. The van der Waals surface area contributed by atoms with Gasteiger partial charge in [0.2, 0.25) is 0 Å². The zero-order valence-corrected chi connectivity index (χ0v) is 30.3. The molecule has 1 saturated heterocycles. The highest BCUT2D eigenvalue weighted by atomic mass is 35.5. The number of hydrogen-bond donors (Lipinski definition) is 2. The van der Waals surface area contributed by atoms with E-state index in [0.717, 1.165) is 74.7 Å². The highest BCUT2D eigenvalue weighted by molar-refractivity contribution is 6.30. The molecule has 0 radical (unpaired) electrons. The van der Waals surface area contributed by atoms with E-state index in [1.165, 1.54) is 35.2 Å². The second-order valence-electron chi connectivity index (χ2n) is 15.8. The lowest BCUT2D eigenvalue weighted by Gasteiger charge is -2.47. The summed E-state index contributed by atoms with van der Waals surface area (Å²) in [5.41, 5.74) is 4.63. The van der Waals surface area contributed by atoms with Crippen LogP contribution in [-0.4, -0.2) is 64.9 Å². The van der Waals surface area contributed by atoms with Gasteiger partial charge in [-0.3, -0.25) is 9.88 Å². The van der Waals surface area contributed by atoms with Gasteiger partial charge in [-0.25, -0.2) is 4.79 Å². The molecule has 0 bridgehead atoms. The fourth-order valence-electron chi connectivity index (χ4n) is 9.93. The number of aliphatic carboxylic acids is 1. The van der Waals surface area contributed by atoms with E-state index in [9.17, 15) is 9.90 Å². The van der Waals surface area contributed by atoms with Gasteiger partial charge in [-0.1, -0.05) is 38.4 Å². The molecule has 2 N–H and O–H groups in total. The lowest BCUT2D eigenvalue weighted by Crippen LogP contribution is -2.53. The SMILES string of the molecule is CCN1CC2Oc3cc4c(cc3OC2C1)C1(CCC(Nc2cccc(Cl)c2)(C(=O)O)CC1)[C@@H](C[C@@H](C)COc1ccnc2c1[C@H](C)CCC2)C4. The minimum absolute atomic E-state index is 0.0281. The van der Waals surface area contributed by atoms with Crippen LogP contribution in [0.5, 0.6) is 17.2 Å². The third-order valence-electron chi connectivity index (χ3n) is 12.6. The first kappa shape index (κ1) is 33.6. The van der Waals surface area contributed by atoms with Crippen molar-refractivity contribution in [3.63, 3.8) is 0 Å². The Morgan fingerprint density at radius 2 is 1.88 bits per heavy atom. The maximum Gasteiger partial charge on any atom is 0.329 e. The van der Waals surface area contributed by atoms with Crippen molar-refractivity contribution in [1.29, 1.82) is 0 Å². The van der Waals surface area contributed by atoms with Crippen LogP contribution in [0.25, 0.3) is 0 Å². The van der Waals surface area contributed by atoms with Crippen molar-refractivity contribution < 1.29 is 24.1 Å². The number of nitrogens with zero attached hydrogens (tertiary/aromatic N) is 2. The average molecular weight is 700 g/mol. The summed E-state index contributed by atoms with van der Waals surface area (Å²) in [5, 5.41) is 14.7. The maximum atomic E-state index is 13.0. The largest absolute Gasteiger partial charge is 0.493 e. The molecule has 2 fully saturated rings. The van der Waals surface area contributed by atoms with Gasteiger partial charge < -0.3 is 24.6 Å². The van der Waals surface area contributed by atoms with Gasteiger partial charge in [-0.2, -0.15) is 0 Å². The lowest BCUT2D eigenvalue weighted by atomic mass is 9.59. The van der Waals surface area contributed by atoms with Crippen LogP contribution < -0.4 is 19.5 Å². The summed E-state index contributed by atoms with van der Waals surface area (Å²) < 4.78 is 19.9. The van der Waals surface area contributed by atoms with Crippen molar-refractivity contribution in [2.75, 3.05) is 31.6 Å². The number of likely N-dealkylation sites (N-methyl/N-ethyl adjacent to an activating group) is 1. The number of fused-ring (bicyclic) bond motifs is 5. The molecule has 8 rings (SSSR count). The van der Waals surface area contributed by atoms with Crippen molar-refractivity contribution in [3.05, 3.63) is 76.1 Å². The molecule has 3 aliphatic carbocycles. The Hall–Kier alpha value is -3.49. The Labute approximate surface area is 300 Å². The van der Waals surface area contributed by atoms with E-state index in [4.69, 9.17) is 25.8 Å². The molecule has 3 aromatic rings. The first-order valence-corrected chi connectivity index (χ1v) is 19.1. The zero-order valence-electron chi connectivity index (χ0n) is 29.6. The number of hydrogen-bond acceptors (Lipinski definition) is 7. The predicted molar refractivity (Wildman–Crippen MR) is 195 cm³/mol. The van der Waals surface area contributed by atoms with Crippen LogP contribution in [0, 0.1) is 11.8 Å². The van der Waals surface area contributed by atoms with E-state index in [1.807, 2.05) is 36.5 Å². The summed E-state index contributed by atoms with van der Waals surface area (Å²) >= 11 is 6.30. The number of likely N-dealkylation sites (tertiary alicyclic amines) is 1. The molecule has 1 aromatic heterocycles. The summed E-state index contributed by atoms with van der Waals surface area (Å²) in [5.74, 6) is 2.98. The first-order valence-electron chi connectivity index (χ1n) is 18.8. The second-order valence-corrected chi connectivity index (χ2v) is 16.3. The van der Waals surface area contributed by atoms with Crippen LogP contribution in [0.15, 0.2) is 48.7 Å². The summed E-state index contributed by atoms with van der Waals surface area (Å²) in [6, 6.07) is 13.9. The standard InChI is InChI=1S/C41H50ClN3O5/c1-4-45-22-36-37(23-45)50-35-21-31-27(19-34(35)49-36)18-28(17-25(2)24-48-33-11-16-43-32-10-5-7-26(3)38(32)33)40(31)12-14-41(15-13-40,39(46)47)44-30-9-6-8-29(42)20-30/h6,8-9,11,16,19-21,25-26,28,36-37,44H,4-5,7,10,12-15,17-18,22-24H2,1-3H3,(H,46,47)/t25-,26-,28+,36?,37?,40?,41?/m1/s1. The summed E-state index contributed by atoms with van der Waals surface area (Å²) in [7, 11) is 0. The third-order valence-corrected chi connectivity index (χ3v) is 12.9. The van der Waals surface area contributed by atoms with Crippen LogP contribution in [0.3, 0.4) is 0 Å². The molecule has 266 valence electrons. The van der Waals surface area contributed by atoms with E-state index in [-0.39, 0.29) is 17.6 Å². The van der Waals surface area contributed by atoms with Crippen molar-refractivity contribution in [2.24, 2.45) is 11.8 Å². The van der Waals surface area contributed by atoms with Crippen LogP contribution in [-0.2, 0) is 23.1 Å². The van der Waals surface area contributed by atoms with Crippen molar-refractivity contribution in [1.82, 2.24) is 9.88 Å². The lowest BCUT2D eigenvalue weighted by molar-refractivity contribution is -0.144. The summed E-state index contributed by atoms with van der Waals surface area (Å²) in [4.78, 5) is 20.1. The number of carboxylic acid groups (broad SMARTS) is 1. The molecular weight excluding hydrogens is 650 g/mol. The topological polar surface area (TPSA) is 93.2 Å². The quantitative estimate of drug-likeness (QED) is 0.232. The molecule has 2 aliphatic heterocycles. The van der Waals surface area contributed by atoms with Crippen molar-refractivity contribution >= 4 is 23.3 Å². The van der Waals surface area contributed by atoms with Gasteiger partial charge in [0.25, 0.3) is 0 Å². The van der Waals surface area contributed by atoms with Gasteiger partial charge in [-0.05, 0) is 135 Å². The molecule has 2 aromatic carbocycles. The van der Waals surface area contributed by atoms with Gasteiger partial charge in [0.15, 0.2) is 11.5 Å². The van der Waals surface area contributed by atoms with Gasteiger partial charge in [0, 0.05) is 41.3 Å². The molecule has 5 atom stereocenters. The molecule has 0 amide bonds. The number of aryl methyl sites for hydroxylation is 1. The summed E-state index contributed by atoms with van der Waals surface area (Å²) in [6.07, 6.45) is 9.84. The maximum absolute atomic E-state index is 13.0. The van der Waals surface area contributed by atoms with Crippen LogP contribution >= 0.6 is 11.6 Å². The number of carboxylic acids is 1. The molecule has 1 saturated carbocycles. The Balaban J connectivity index is 1.07. The van der Waals surface area contributed by atoms with Gasteiger partial charge in [-0.15, -0.1) is 0 Å². The number of rotatable bonds is 9. The number of anilines is 1. The smallest absolute Gasteiger partial charge is 0.329 e. The number of nitrogens with one attached hydrogen (secondary N) is 1. The zero-order chi connectivity index (χ0) is 34.6. The normalized spacial score (nSPS) is 30.3. The first-order chi connectivity index (χ1) is 24.2. The number of ether oxygens (including phenoxy) is 3. The Morgan fingerprint density at radius 3 is 2.60 bits per heavy atom. The van der Waals surface area contributed by atoms with Crippen molar-refractivity contribution in [3.8, 4) is 17.2 Å². The highest BCUT2D eigenvalue weighted by Crippen LogP contribution is 2.58. The van der Waals surface area contributed by atoms with Crippen molar-refractivity contribution in [2.45, 2.75) is 108 Å². The van der Waals surface area contributed by atoms with Gasteiger partial charge in [0.05, 0.1) is 6.61 Å². The molecular formula is C41H50ClN3O5. The van der Waals surface area contributed by atoms with Crippen LogP contribution in [0.4, 0.5) is 5.69 Å². The predicted octanol–water partition coefficient (Wildman–Crippen LogP) is 8.04. The number of pyridine rings is 1. The Morgan fingerprint density at radius 1 is 1.12 bits per heavy atom. The third kappa shape index (κ3) is 6.00. The number of halogens is 1. The molecule has 1 spiro atoms. The molecule has 9 heteroatoms. The molecule has 3 heterocycles. The fourth-order valence-corrected chi connectivity index (χ4v) is 10.1. The van der Waals surface area contributed by atoms with Crippen LogP contribution in [0.2, 0.25) is 5.02 Å². The van der Waals surface area contributed by atoms with Gasteiger partial charge in [0.1, 0.15) is 23.5 Å². The average Bonchev–Trinajstić information content (AvgIpc) is 3.63. The minimum Gasteiger partial charge on any atom is -0.493 e. The monoisotopic (exact) mass is 699 g/mol. The molecule has 5 aliphatic rings. The molecule has 8 nitrogen and oxygen atoms in total. The second kappa shape index (κ2) is 13.2. The van der Waals surface area contributed by atoms with Crippen LogP contribution in [0.1, 0.15) is 94.0 Å². The number of benzene rings is 2. The van der Waals surface area contributed by atoms with E-state index < -0.39 is 11.5 Å². The van der Waals surface area contributed by atoms with E-state index in [1.54, 1.807) is 0 Å².